The Morgan fingerprint density at radius 3 is 0.737 bits per heavy atom. The van der Waals surface area contributed by atoms with Crippen LogP contribution in [0.1, 0.15) is 277 Å². The van der Waals surface area contributed by atoms with Crippen molar-refractivity contribution in [2.45, 2.75) is 305 Å². The molecule has 0 N–H and O–H groups in total. The van der Waals surface area contributed by atoms with Crippen molar-refractivity contribution < 1.29 is 0 Å². The molecule has 118 heavy (non-hydrogen) atoms. The average molecular weight is 1610 g/mol. The molecule has 15 nitrogen and oxygen atoms in total. The van der Waals surface area contributed by atoms with Gasteiger partial charge in [-0.15, -0.1) is 0 Å². The first-order chi connectivity index (χ1) is 56.6. The lowest BCUT2D eigenvalue weighted by molar-refractivity contribution is 1.01. The lowest BCUT2D eigenvalue weighted by atomic mass is 10.0. The Bertz CT molecular complexity index is 3550. The van der Waals surface area contributed by atoms with E-state index in [4.69, 9.17) is 0 Å². The van der Waals surface area contributed by atoms with Crippen molar-refractivity contribution in [1.29, 1.82) is 0 Å². The molecular formula is C103H165N15. The van der Waals surface area contributed by atoms with Crippen molar-refractivity contribution in [1.82, 2.24) is 74.8 Å². The highest BCUT2D eigenvalue weighted by atomic mass is 14.9. The number of nitrogens with zero attached hydrogens (tertiary/aromatic N) is 15. The normalized spacial score (nSPS) is 8.34. The Labute approximate surface area is 723 Å². The molecule has 652 valence electrons. The molecule has 13 aromatic rings. The fraction of sp³-hybridized carbons (Fsp3) is 0.427. The smallest absolute Gasteiger partial charge is 0.125 e. The van der Waals surface area contributed by atoms with Gasteiger partial charge in [-0.05, 0) is 268 Å². The summed E-state index contributed by atoms with van der Waals surface area (Å²) in [5.74, 6) is 1.67. The SMILES string of the molecule is CC.CC.CC.CC.CC.CC.CC.CC.CC.CC.CC.Cc1cc(C)ncn1.Cc1ccc(C)nc1.Cc1ccc(C)nc1.Cc1ccc2cc3cc(C)ccc3cc2c1.Cc1cccc(C)n1.Cc1ccnc(C)c1.Cc1ccnc(C)n1.Cc1cnc(C)cn1.Cc1cnc(C)nc1.Cc1cncc(C)c1.Cc1cncc(C)n1. The van der Waals surface area contributed by atoms with Crippen molar-refractivity contribution in [3.05, 3.63) is 327 Å². The lowest BCUT2D eigenvalue weighted by Crippen LogP contribution is -1.86. The van der Waals surface area contributed by atoms with E-state index in [1.807, 2.05) is 376 Å². The third-order valence-electron chi connectivity index (χ3n) is 12.9. The monoisotopic (exact) mass is 1610 g/mol. The highest BCUT2D eigenvalue weighted by molar-refractivity contribution is 5.98. The Hall–Kier alpha value is -10.7. The van der Waals surface area contributed by atoms with E-state index < -0.39 is 0 Å². The van der Waals surface area contributed by atoms with Crippen LogP contribution in [0.25, 0.3) is 21.5 Å². The van der Waals surface area contributed by atoms with Crippen LogP contribution in [0.5, 0.6) is 0 Å². The largest absolute Gasteiger partial charge is 0.264 e. The summed E-state index contributed by atoms with van der Waals surface area (Å²) < 4.78 is 0. The first-order valence-corrected chi connectivity index (χ1v) is 42.8. The van der Waals surface area contributed by atoms with E-state index in [-0.39, 0.29) is 0 Å². The maximum atomic E-state index is 4.17. The van der Waals surface area contributed by atoms with Gasteiger partial charge in [-0.2, -0.15) is 0 Å². The average Bonchev–Trinajstić information content (AvgIpc) is 0.796. The van der Waals surface area contributed by atoms with Gasteiger partial charge >= 0.3 is 0 Å². The van der Waals surface area contributed by atoms with Crippen molar-refractivity contribution in [3.8, 4) is 0 Å². The summed E-state index contributed by atoms with van der Waals surface area (Å²) in [7, 11) is 0. The Morgan fingerprint density at radius 2 is 0.492 bits per heavy atom. The minimum absolute atomic E-state index is 0.829. The highest BCUT2D eigenvalue weighted by Gasteiger charge is 1.99. The summed E-state index contributed by atoms with van der Waals surface area (Å²) in [6, 6.07) is 41.9. The number of aryl methyl sites for hydroxylation is 22. The fourth-order valence-electron chi connectivity index (χ4n) is 8.06. The predicted molar refractivity (Wildman–Crippen MR) is 522 cm³/mol. The molecule has 10 aromatic heterocycles. The standard InChI is InChI=1S/C16H14.5C7H9N.5C6H8N2.11C2H6/c1-11-3-5-13-10-16-8-12(2)4-6-14(16)9-15(13)7-11;1-6-3-7(2)5-8-4-6;1-6-3-4-8-7(2)5-6;2*1-6-3-4-7(2)8-5-6;1-6-4-3-5-7(2)8-6;1-5-3-8-6(2)4-7-5;1-5-3-7-4-6(2)8-5;1-5-3-6(2)8-4-7-5;1-5-3-7-6(2)8-4-5;1-5-3-4-7-6(2)8-5;11*1-2/h3-10H,1-2H3;5*3-5H,1-2H3;5*3-4H,1-2H3;11*1-2H3. The van der Waals surface area contributed by atoms with Gasteiger partial charge in [0, 0.05) is 120 Å². The molecule has 0 fully saturated rings. The van der Waals surface area contributed by atoms with Crippen LogP contribution < -0.4 is 0 Å². The second-order valence-corrected chi connectivity index (χ2v) is 23.4. The molecule has 0 aliphatic rings. The number of hydrogen-bond acceptors (Lipinski definition) is 15. The number of fused-ring (bicyclic) bond motifs is 2. The summed E-state index contributed by atoms with van der Waals surface area (Å²) in [5, 5.41) is 5.31. The quantitative estimate of drug-likeness (QED) is 0.130. The van der Waals surface area contributed by atoms with E-state index in [1.54, 1.807) is 37.3 Å². The Kier molecular flexibility index (Phi) is 94.3. The Morgan fingerprint density at radius 1 is 0.161 bits per heavy atom. The van der Waals surface area contributed by atoms with Crippen LogP contribution in [0.3, 0.4) is 0 Å². The zero-order valence-electron chi connectivity index (χ0n) is 82.8. The molecule has 0 spiro atoms. The highest BCUT2D eigenvalue weighted by Crippen LogP contribution is 2.24. The molecule has 0 unspecified atom stereocenters. The van der Waals surface area contributed by atoms with Crippen molar-refractivity contribution in [3.63, 3.8) is 0 Å². The van der Waals surface area contributed by atoms with Crippen molar-refractivity contribution in [2.24, 2.45) is 0 Å². The van der Waals surface area contributed by atoms with Gasteiger partial charge in [-0.25, -0.2) is 29.9 Å². The fourth-order valence-corrected chi connectivity index (χ4v) is 8.06. The summed E-state index contributed by atoms with van der Waals surface area (Å²) in [6.45, 7) is 87.7. The molecule has 0 bridgehead atoms. The molecule has 0 amide bonds. The molecule has 0 saturated heterocycles. The molecule has 0 saturated carbocycles. The first kappa shape index (κ1) is 126. The molecule has 0 aliphatic carbocycles. The van der Waals surface area contributed by atoms with Gasteiger partial charge in [-0.1, -0.05) is 224 Å². The van der Waals surface area contributed by atoms with Gasteiger partial charge in [0.05, 0.1) is 22.8 Å². The van der Waals surface area contributed by atoms with E-state index in [1.165, 1.54) is 60.5 Å². The number of pyridine rings is 5. The molecule has 15 heteroatoms. The minimum atomic E-state index is 0.829. The van der Waals surface area contributed by atoms with Crippen LogP contribution in [0.15, 0.2) is 202 Å². The number of rotatable bonds is 0. The third-order valence-corrected chi connectivity index (χ3v) is 12.9. The molecule has 0 radical (unpaired) electrons. The third kappa shape index (κ3) is 75.4. The van der Waals surface area contributed by atoms with Gasteiger partial charge in [0.1, 0.15) is 18.0 Å². The number of aromatic nitrogens is 15. The van der Waals surface area contributed by atoms with Crippen LogP contribution in [0.4, 0.5) is 0 Å². The minimum Gasteiger partial charge on any atom is -0.264 e. The van der Waals surface area contributed by atoms with E-state index in [2.05, 4.69) is 168 Å². The van der Waals surface area contributed by atoms with Gasteiger partial charge in [0.15, 0.2) is 0 Å². The van der Waals surface area contributed by atoms with Crippen LogP contribution >= 0.6 is 0 Å². The van der Waals surface area contributed by atoms with E-state index in [0.717, 1.165) is 85.5 Å². The Balaban J connectivity index is -0.000000155. The van der Waals surface area contributed by atoms with Gasteiger partial charge in [0.2, 0.25) is 0 Å². The van der Waals surface area contributed by atoms with Gasteiger partial charge in [-0.3, -0.25) is 44.9 Å². The summed E-state index contributed by atoms with van der Waals surface area (Å²) in [5.41, 5.74) is 22.3. The molecule has 13 rings (SSSR count). The second-order valence-electron chi connectivity index (χ2n) is 23.4. The van der Waals surface area contributed by atoms with E-state index in [9.17, 15) is 0 Å². The first-order valence-electron chi connectivity index (χ1n) is 42.8. The van der Waals surface area contributed by atoms with Crippen LogP contribution in [0, 0.1) is 152 Å². The topological polar surface area (TPSA) is 193 Å². The second kappa shape index (κ2) is 88.7. The number of benzene rings is 3. The molecular weight excluding hydrogens is 1450 g/mol. The zero-order chi connectivity index (χ0) is 93.0. The van der Waals surface area contributed by atoms with Crippen LogP contribution in [0.2, 0.25) is 0 Å². The molecule has 3 aromatic carbocycles. The summed E-state index contributed by atoms with van der Waals surface area (Å²) in [6.07, 6.45) is 23.2. The zero-order valence-corrected chi connectivity index (χ0v) is 82.8. The summed E-state index contributed by atoms with van der Waals surface area (Å²) in [4.78, 5) is 60.2. The maximum Gasteiger partial charge on any atom is 0.125 e. The molecule has 10 heterocycles. The lowest BCUT2D eigenvalue weighted by Gasteiger charge is -2.04. The molecule has 0 atom stereocenters. The van der Waals surface area contributed by atoms with Crippen molar-refractivity contribution in [2.75, 3.05) is 0 Å². The number of hydrogen-bond donors (Lipinski definition) is 0. The predicted octanol–water partition coefficient (Wildman–Crippen LogP) is 29.9. The summed E-state index contributed by atoms with van der Waals surface area (Å²) >= 11 is 0. The van der Waals surface area contributed by atoms with E-state index in [0.29, 0.717) is 0 Å². The van der Waals surface area contributed by atoms with Crippen LogP contribution in [-0.2, 0) is 0 Å². The maximum absolute atomic E-state index is 4.17. The molecule has 0 aliphatic heterocycles. The van der Waals surface area contributed by atoms with E-state index >= 15 is 0 Å². The van der Waals surface area contributed by atoms with Gasteiger partial charge in [0.25, 0.3) is 0 Å². The van der Waals surface area contributed by atoms with Crippen LogP contribution in [-0.4, -0.2) is 74.8 Å². The van der Waals surface area contributed by atoms with Gasteiger partial charge < -0.3 is 0 Å². The van der Waals surface area contributed by atoms with Crippen molar-refractivity contribution >= 4 is 21.5 Å².